The molecule has 0 fully saturated rings. The van der Waals surface area contributed by atoms with Gasteiger partial charge in [0.25, 0.3) is 9.28 Å². The van der Waals surface area contributed by atoms with E-state index >= 15 is 0 Å². The van der Waals surface area contributed by atoms with Crippen LogP contribution in [0.3, 0.4) is 0 Å². The number of hydrogen-bond acceptors (Lipinski definition) is 21. The Balaban J connectivity index is 5.65. The molecule has 2 radical (unpaired) electrons. The van der Waals surface area contributed by atoms with Gasteiger partial charge in [0.2, 0.25) is 0 Å². The number of rotatable bonds is 23. The van der Waals surface area contributed by atoms with E-state index < -0.39 is 157 Å². The van der Waals surface area contributed by atoms with Gasteiger partial charge < -0.3 is 93.2 Å². The van der Waals surface area contributed by atoms with E-state index in [9.17, 15) is 75.9 Å². The fourth-order valence-corrected chi connectivity index (χ4v) is 212. The lowest BCUT2D eigenvalue weighted by Gasteiger charge is -2.22. The minimum absolute atomic E-state index is 1.11. The zero-order chi connectivity index (χ0) is 37.4. The van der Waals surface area contributed by atoms with E-state index in [1.165, 1.54) is 19.6 Å². The molecule has 41 heteroatoms. The lowest BCUT2D eigenvalue weighted by molar-refractivity contribution is 0.0534. The van der Waals surface area contributed by atoms with E-state index in [1.807, 2.05) is 0 Å². The Morgan fingerprint density at radius 2 is 0.574 bits per heavy atom. The van der Waals surface area contributed by atoms with Crippen LogP contribution in [0, 0.1) is 0 Å². The molecule has 248 valence electrons. The van der Waals surface area contributed by atoms with Gasteiger partial charge in [-0.05, 0) is 0 Å². The standard InChI is InChI=1S/C6H18O21Si20/c1-24-47(25-2,26-3)27-28-29(7)30(8)31(9)32(10)33(11)34(12)35(13)36(14)37(15)38(16)39(17)40(18)41(19)42(20)43(21)44(22)45(23)46(4,5)6/h1-6H3. The van der Waals surface area contributed by atoms with Gasteiger partial charge in [0.1, 0.15) is 7.59 Å². The maximum Gasteiger partial charge on any atom is 0.668 e. The van der Waals surface area contributed by atoms with Gasteiger partial charge in [-0.1, -0.05) is 19.6 Å². The van der Waals surface area contributed by atoms with E-state index in [4.69, 9.17) is 17.4 Å². The summed E-state index contributed by atoms with van der Waals surface area (Å²) in [6.07, 6.45) is 0. The quantitative estimate of drug-likeness (QED) is 0.0858. The highest BCUT2D eigenvalue weighted by molar-refractivity contribution is 7.82. The molecule has 0 aromatic carbocycles. The zero-order valence-electron chi connectivity index (χ0n) is 24.6. The fourth-order valence-electron chi connectivity index (χ4n) is 2.42. The maximum atomic E-state index is 12.5. The fraction of sp³-hybridized carbons (Fsp3) is 1.00. The van der Waals surface area contributed by atoms with Crippen molar-refractivity contribution in [2.24, 2.45) is 0 Å². The van der Waals surface area contributed by atoms with Crippen LogP contribution >= 0.6 is 0 Å². The van der Waals surface area contributed by atoms with Crippen LogP contribution in [-0.2, 0) is 93.2 Å². The largest absolute Gasteiger partial charge is 0.668 e. The highest BCUT2D eigenvalue weighted by Crippen LogP contribution is 2.06. The van der Waals surface area contributed by atoms with Crippen LogP contribution in [0.25, 0.3) is 0 Å². The van der Waals surface area contributed by atoms with Crippen LogP contribution in [0.5, 0.6) is 0 Å². The van der Waals surface area contributed by atoms with Gasteiger partial charge in [0.15, 0.2) is 0 Å². The van der Waals surface area contributed by atoms with Crippen molar-refractivity contribution >= 4 is 157 Å². The Labute approximate surface area is 289 Å². The molecule has 0 aromatic heterocycles. The SMILES string of the molecule is CO[Si](OC)(OC)O[Si][Si](=O)[Si](=O)[Si](=O)[Si](=O)[Si](=O)[Si](=O)[Si](=O)[Si](=O)[Si](=O)[Si](=O)[Si](=O)[Si](=O)[Si](=O)[Si](=O)[Si](=O)[Si](=O)[Si](=O)[Si](C)(C)C. The molecule has 21 nitrogen and oxygen atoms in total. The molecule has 0 atom stereocenters. The monoisotopic (exact) mass is 986 g/mol. The molecule has 0 spiro atoms. The predicted molar refractivity (Wildman–Crippen MR) is 166 cm³/mol. The van der Waals surface area contributed by atoms with E-state index in [-0.39, 0.29) is 0 Å². The Morgan fingerprint density at radius 3 is 0.787 bits per heavy atom. The molecular formula is C6H18O21Si20. The van der Waals surface area contributed by atoms with Crippen molar-refractivity contribution in [3.8, 4) is 0 Å². The first-order valence-corrected chi connectivity index (χ1v) is 59.7. The van der Waals surface area contributed by atoms with Crippen molar-refractivity contribution < 1.29 is 93.2 Å². The van der Waals surface area contributed by atoms with Gasteiger partial charge in [0.05, 0.1) is 0 Å². The molecule has 0 amide bonds. The molecule has 0 aliphatic heterocycles. The minimum Gasteiger partial charge on any atom is -0.389 e. The Hall–Kier alpha value is 0.778. The van der Waals surface area contributed by atoms with Crippen molar-refractivity contribution in [2.75, 3.05) is 21.3 Å². The third-order valence-electron chi connectivity index (χ3n) is 5.00. The molecule has 0 aliphatic carbocycles. The first kappa shape index (κ1) is 47.8. The summed E-state index contributed by atoms with van der Waals surface area (Å²) in [5.41, 5.74) is 0. The third-order valence-corrected chi connectivity index (χ3v) is 150. The topological polar surface area (TPSA) is 327 Å². The summed E-state index contributed by atoms with van der Waals surface area (Å²) in [5.74, 6) is 0. The second-order valence-corrected chi connectivity index (χ2v) is 105. The lowest BCUT2D eigenvalue weighted by Crippen LogP contribution is -2.57. The molecule has 0 saturated heterocycles. The molecule has 0 bridgehead atoms. The number of hydrogen-bond donors (Lipinski definition) is 0. The van der Waals surface area contributed by atoms with Gasteiger partial charge in [-0.3, -0.25) is 0 Å². The summed E-state index contributed by atoms with van der Waals surface area (Å²) in [5, 5.41) is 0. The van der Waals surface area contributed by atoms with Crippen LogP contribution in [-0.4, -0.2) is 178 Å². The molecule has 0 N–H and O–H groups in total. The molecule has 0 heterocycles. The Morgan fingerprint density at radius 1 is 0.362 bits per heavy atom. The average Bonchev–Trinajstić information content (AvgIpc) is 3.06. The van der Waals surface area contributed by atoms with E-state index in [2.05, 4.69) is 0 Å². The molecule has 47 heavy (non-hydrogen) atoms. The molecule has 0 aromatic rings. The second-order valence-electron chi connectivity index (χ2n) is 9.16. The first-order chi connectivity index (χ1) is 21.4. The normalized spacial score (nSPS) is 10.9. The summed E-state index contributed by atoms with van der Waals surface area (Å²) < 4.78 is 232. The van der Waals surface area contributed by atoms with Crippen LogP contribution in [0.2, 0.25) is 19.6 Å². The molecule has 0 aliphatic rings. The molecule has 0 saturated carbocycles. The molecule has 0 unspecified atom stereocenters. The van der Waals surface area contributed by atoms with Gasteiger partial charge in [-0.2, -0.15) is 0 Å². The van der Waals surface area contributed by atoms with Crippen molar-refractivity contribution in [3.63, 3.8) is 0 Å². The van der Waals surface area contributed by atoms with Crippen LogP contribution in [0.1, 0.15) is 0 Å². The second kappa shape index (κ2) is 20.7. The first-order valence-electron chi connectivity index (χ1n) is 11.7. The Kier molecular flexibility index (Phi) is 21.1. The summed E-state index contributed by atoms with van der Waals surface area (Å²) in [4.78, 5) is 0. The van der Waals surface area contributed by atoms with Gasteiger partial charge in [-0.25, -0.2) is 0 Å². The molecular weight excluding hydrogens is 970 g/mol. The van der Waals surface area contributed by atoms with Crippen LogP contribution in [0.4, 0.5) is 0 Å². The minimum atomic E-state index is -4.35. The predicted octanol–water partition coefficient (Wildman–Crippen LogP) is -7.66. The van der Waals surface area contributed by atoms with Gasteiger partial charge in [-0.15, -0.1) is 0 Å². The smallest absolute Gasteiger partial charge is 0.389 e. The van der Waals surface area contributed by atoms with E-state index in [1.54, 1.807) is 0 Å². The Bertz CT molecular complexity index is 1620. The summed E-state index contributed by atoms with van der Waals surface area (Å²) >= 11 is 0. The molecule has 0 rings (SSSR count). The van der Waals surface area contributed by atoms with Crippen molar-refractivity contribution in [1.29, 1.82) is 0 Å². The van der Waals surface area contributed by atoms with Crippen molar-refractivity contribution in [3.05, 3.63) is 0 Å². The highest BCUT2D eigenvalue weighted by Gasteiger charge is 2.56. The van der Waals surface area contributed by atoms with E-state index in [0.717, 1.165) is 21.3 Å². The van der Waals surface area contributed by atoms with Crippen molar-refractivity contribution in [2.45, 2.75) is 19.6 Å². The summed E-state index contributed by atoms with van der Waals surface area (Å²) in [7, 11) is -72.7. The van der Waals surface area contributed by atoms with Crippen LogP contribution in [0.15, 0.2) is 0 Å². The third kappa shape index (κ3) is 12.7. The lowest BCUT2D eigenvalue weighted by atomic mass is 11.8. The highest BCUT2D eigenvalue weighted by atomic mass is 30.1. The average molecular weight is 988 g/mol. The maximum absolute atomic E-state index is 12.5. The summed E-state index contributed by atoms with van der Waals surface area (Å²) in [6, 6.07) is 0. The zero-order valence-corrected chi connectivity index (χ0v) is 44.6. The van der Waals surface area contributed by atoms with Gasteiger partial charge in [0, 0.05) is 21.3 Å². The van der Waals surface area contributed by atoms with Gasteiger partial charge >= 0.3 is 140 Å². The summed E-state index contributed by atoms with van der Waals surface area (Å²) in [6.45, 7) is 4.54. The van der Waals surface area contributed by atoms with Crippen LogP contribution < -0.4 is 0 Å². The van der Waals surface area contributed by atoms with Crippen molar-refractivity contribution in [1.82, 2.24) is 0 Å². The van der Waals surface area contributed by atoms with E-state index in [0.29, 0.717) is 0 Å².